The van der Waals surface area contributed by atoms with Crippen LogP contribution in [0.5, 0.6) is 0 Å². The van der Waals surface area contributed by atoms with Crippen molar-refractivity contribution < 1.29 is 38.6 Å². The van der Waals surface area contributed by atoms with Crippen molar-refractivity contribution in [1.82, 2.24) is 10.2 Å². The summed E-state index contributed by atoms with van der Waals surface area (Å²) in [7, 11) is 0. The second-order valence-corrected chi connectivity index (χ2v) is 12.9. The third kappa shape index (κ3) is 8.87. The second kappa shape index (κ2) is 15.0. The highest BCUT2D eigenvalue weighted by Crippen LogP contribution is 2.45. The molecule has 4 atom stereocenters. The van der Waals surface area contributed by atoms with E-state index >= 15 is 0 Å². The summed E-state index contributed by atoms with van der Waals surface area (Å²) in [4.78, 5) is 65.8. The molecule has 0 aliphatic carbocycles. The Labute approximate surface area is 271 Å². The van der Waals surface area contributed by atoms with Gasteiger partial charge >= 0.3 is 23.9 Å². The van der Waals surface area contributed by atoms with Gasteiger partial charge in [0, 0.05) is 5.69 Å². The summed E-state index contributed by atoms with van der Waals surface area (Å²) < 4.78 is 11.0. The zero-order chi connectivity index (χ0) is 33.4. The highest BCUT2D eigenvalue weighted by atomic mass is 32.2. The Morgan fingerprint density at radius 1 is 0.935 bits per heavy atom. The van der Waals surface area contributed by atoms with E-state index in [1.54, 1.807) is 82.3 Å². The first-order chi connectivity index (χ1) is 21.8. The first-order valence-electron chi connectivity index (χ1n) is 14.7. The number of thioether (sulfide) groups is 1. The third-order valence-corrected chi connectivity index (χ3v) is 8.45. The highest BCUT2D eigenvalue weighted by molar-refractivity contribution is 8.02. The number of hydrogen-bond donors (Lipinski definition) is 3. The smallest absolute Gasteiger partial charge is 0.340 e. The SMILES string of the molecule is CC(C(=O)OCc1ccccc1)c1cccc(NC(=O)NCC(=O)N2[C@H](C(=O)OC(C)(C)C)S[C@@H](C(=O)O)[C@@H]2c2ccccc2)c1. The summed E-state index contributed by atoms with van der Waals surface area (Å²) >= 11 is 0.817. The van der Waals surface area contributed by atoms with Crippen LogP contribution in [0.1, 0.15) is 56.3 Å². The minimum absolute atomic E-state index is 0.140. The lowest BCUT2D eigenvalue weighted by molar-refractivity contribution is -0.161. The lowest BCUT2D eigenvalue weighted by Crippen LogP contribution is -2.48. The summed E-state index contributed by atoms with van der Waals surface area (Å²) in [6.45, 7) is 6.35. The first-order valence-corrected chi connectivity index (χ1v) is 15.6. The van der Waals surface area contributed by atoms with Crippen LogP contribution in [0, 0.1) is 0 Å². The number of carboxylic acid groups (broad SMARTS) is 1. The Kier molecular flexibility index (Phi) is 11.1. The van der Waals surface area contributed by atoms with Crippen LogP contribution < -0.4 is 10.6 Å². The van der Waals surface area contributed by atoms with Crippen LogP contribution in [0.15, 0.2) is 84.9 Å². The molecule has 242 valence electrons. The molecule has 3 aromatic carbocycles. The van der Waals surface area contributed by atoms with Crippen molar-refractivity contribution in [1.29, 1.82) is 0 Å². The van der Waals surface area contributed by atoms with Gasteiger partial charge in [0.05, 0.1) is 18.5 Å². The van der Waals surface area contributed by atoms with E-state index in [2.05, 4.69) is 10.6 Å². The second-order valence-electron chi connectivity index (χ2n) is 11.7. The van der Waals surface area contributed by atoms with Crippen LogP contribution in [-0.2, 0) is 35.3 Å². The van der Waals surface area contributed by atoms with Crippen LogP contribution in [0.3, 0.4) is 0 Å². The average molecular weight is 648 g/mol. The normalized spacial score (nSPS) is 18.3. The van der Waals surface area contributed by atoms with Crippen molar-refractivity contribution in [2.75, 3.05) is 11.9 Å². The van der Waals surface area contributed by atoms with Gasteiger partial charge in [0.2, 0.25) is 5.91 Å². The maximum atomic E-state index is 13.6. The first kappa shape index (κ1) is 34.0. The monoisotopic (exact) mass is 647 g/mol. The molecule has 0 bridgehead atoms. The van der Waals surface area contributed by atoms with E-state index in [1.165, 1.54) is 4.90 Å². The lowest BCUT2D eigenvalue weighted by atomic mass is 10.0. The molecule has 1 fully saturated rings. The Hall–Kier alpha value is -4.84. The Morgan fingerprint density at radius 3 is 2.22 bits per heavy atom. The van der Waals surface area contributed by atoms with Gasteiger partial charge in [0.15, 0.2) is 5.37 Å². The molecule has 0 aromatic heterocycles. The summed E-state index contributed by atoms with van der Waals surface area (Å²) in [6, 6.07) is 22.9. The molecule has 0 saturated carbocycles. The predicted molar refractivity (Wildman–Crippen MR) is 173 cm³/mol. The van der Waals surface area contributed by atoms with Crippen LogP contribution in [0.4, 0.5) is 10.5 Å². The van der Waals surface area contributed by atoms with Crippen molar-refractivity contribution in [3.05, 3.63) is 102 Å². The zero-order valence-corrected chi connectivity index (χ0v) is 26.8. The molecule has 3 N–H and O–H groups in total. The number of anilines is 1. The molecule has 4 rings (SSSR count). The number of rotatable bonds is 10. The van der Waals surface area contributed by atoms with Gasteiger partial charge in [-0.25, -0.2) is 9.59 Å². The average Bonchev–Trinajstić information content (AvgIpc) is 3.44. The number of hydrogen-bond acceptors (Lipinski definition) is 8. The topological polar surface area (TPSA) is 151 Å². The fourth-order valence-corrected chi connectivity index (χ4v) is 6.22. The summed E-state index contributed by atoms with van der Waals surface area (Å²) in [5.74, 6) is -3.64. The molecule has 0 spiro atoms. The molecule has 1 unspecified atom stereocenters. The number of urea groups is 1. The van der Waals surface area contributed by atoms with E-state index in [0.717, 1.165) is 17.3 Å². The van der Waals surface area contributed by atoms with Crippen LogP contribution in [0.2, 0.25) is 0 Å². The lowest BCUT2D eigenvalue weighted by Gasteiger charge is -2.31. The number of esters is 2. The number of carbonyl (C=O) groups excluding carboxylic acids is 4. The number of amides is 3. The highest BCUT2D eigenvalue weighted by Gasteiger charge is 2.52. The minimum atomic E-state index is -1.25. The number of nitrogens with one attached hydrogen (secondary N) is 2. The van der Waals surface area contributed by atoms with Crippen molar-refractivity contribution >= 4 is 47.3 Å². The molecule has 11 nitrogen and oxygen atoms in total. The number of nitrogens with zero attached hydrogens (tertiary/aromatic N) is 1. The van der Waals surface area contributed by atoms with Gasteiger partial charge in [-0.2, -0.15) is 0 Å². The van der Waals surface area contributed by atoms with Crippen LogP contribution in [0.25, 0.3) is 0 Å². The van der Waals surface area contributed by atoms with Gasteiger partial charge < -0.3 is 30.1 Å². The van der Waals surface area contributed by atoms with Crippen molar-refractivity contribution in [3.63, 3.8) is 0 Å². The molecule has 0 radical (unpaired) electrons. The summed E-state index contributed by atoms with van der Waals surface area (Å²) in [6.07, 6.45) is 0. The quantitative estimate of drug-likeness (QED) is 0.256. The van der Waals surface area contributed by atoms with E-state index in [1.807, 2.05) is 30.3 Å². The third-order valence-electron chi connectivity index (χ3n) is 7.02. The largest absolute Gasteiger partial charge is 0.480 e. The van der Waals surface area contributed by atoms with Gasteiger partial charge in [-0.15, -0.1) is 11.8 Å². The van der Waals surface area contributed by atoms with E-state index in [-0.39, 0.29) is 6.61 Å². The maximum absolute atomic E-state index is 13.6. The molecular weight excluding hydrogens is 610 g/mol. The molecule has 46 heavy (non-hydrogen) atoms. The standard InChI is InChI=1S/C34H37N3O8S/c1-21(31(41)44-20-22-12-7-5-8-13-22)24-16-11-17-25(18-24)36-33(43)35-19-26(38)37-27(23-14-9-6-10-15-23)28(30(39)40)46-29(37)32(42)45-34(2,3)4/h5-18,21,27-29H,19-20H2,1-4H3,(H,39,40)(H2,35,36,43)/t21?,27-,28+,29-/m0/s1. The predicted octanol–water partition coefficient (Wildman–Crippen LogP) is 5.09. The molecule has 1 heterocycles. The molecule has 1 saturated heterocycles. The number of carbonyl (C=O) groups is 5. The zero-order valence-electron chi connectivity index (χ0n) is 26.0. The Balaban J connectivity index is 1.43. The molecule has 3 aromatic rings. The maximum Gasteiger partial charge on any atom is 0.340 e. The Bertz CT molecular complexity index is 1560. The summed E-state index contributed by atoms with van der Waals surface area (Å²) in [5, 5.41) is 12.8. The van der Waals surface area contributed by atoms with E-state index in [0.29, 0.717) is 16.8 Å². The molecule has 1 aliphatic rings. The van der Waals surface area contributed by atoms with Crippen LogP contribution >= 0.6 is 11.8 Å². The summed E-state index contributed by atoms with van der Waals surface area (Å²) in [5.41, 5.74) is 1.51. The number of benzene rings is 3. The molecule has 3 amide bonds. The number of ether oxygens (including phenoxy) is 2. The minimum Gasteiger partial charge on any atom is -0.480 e. The van der Waals surface area contributed by atoms with Gasteiger partial charge in [-0.3, -0.25) is 14.4 Å². The van der Waals surface area contributed by atoms with E-state index in [4.69, 9.17) is 9.47 Å². The van der Waals surface area contributed by atoms with Crippen molar-refractivity contribution in [2.45, 2.75) is 62.5 Å². The van der Waals surface area contributed by atoms with Gasteiger partial charge in [0.1, 0.15) is 17.5 Å². The van der Waals surface area contributed by atoms with E-state index in [9.17, 15) is 29.1 Å². The number of carboxylic acids is 1. The van der Waals surface area contributed by atoms with Crippen molar-refractivity contribution in [2.24, 2.45) is 0 Å². The van der Waals surface area contributed by atoms with Gasteiger partial charge in [-0.1, -0.05) is 72.8 Å². The van der Waals surface area contributed by atoms with E-state index < -0.39 is 64.6 Å². The number of aliphatic carboxylic acids is 1. The fourth-order valence-electron chi connectivity index (χ4n) is 4.85. The fraction of sp³-hybridized carbons (Fsp3) is 0.324. The van der Waals surface area contributed by atoms with Gasteiger partial charge in [-0.05, 0) is 56.5 Å². The van der Waals surface area contributed by atoms with Gasteiger partial charge in [0.25, 0.3) is 0 Å². The Morgan fingerprint density at radius 2 is 1.59 bits per heavy atom. The molecule has 1 aliphatic heterocycles. The molecular formula is C34H37N3O8S. The molecule has 12 heteroatoms. The van der Waals surface area contributed by atoms with Crippen molar-refractivity contribution in [3.8, 4) is 0 Å². The van der Waals surface area contributed by atoms with Crippen LogP contribution in [-0.4, -0.2) is 62.6 Å².